The number of carbonyl (C=O) groups is 2. The van der Waals surface area contributed by atoms with Crippen molar-refractivity contribution < 1.29 is 24.0 Å². The Morgan fingerprint density at radius 3 is 2.41 bits per heavy atom. The van der Waals surface area contributed by atoms with Crippen LogP contribution in [0.3, 0.4) is 0 Å². The van der Waals surface area contributed by atoms with Crippen LogP contribution < -0.4 is 4.74 Å². The van der Waals surface area contributed by atoms with Gasteiger partial charge in [-0.25, -0.2) is 14.6 Å². The minimum Gasteiger partial charge on any atom is -0.421 e. The summed E-state index contributed by atoms with van der Waals surface area (Å²) in [6.45, 7) is 0. The lowest BCUT2D eigenvalue weighted by Crippen LogP contribution is -2.09. The Kier molecular flexibility index (Phi) is 6.92. The zero-order valence-electron chi connectivity index (χ0n) is 16.8. The quantitative estimate of drug-likeness (QED) is 0.110. The van der Waals surface area contributed by atoms with E-state index in [1.807, 2.05) is 0 Å². The molecule has 0 aromatic heterocycles. The molecule has 11 heteroatoms. The molecule has 8 nitrogen and oxygen atoms in total. The number of hydrogen-bond acceptors (Lipinski definition) is 7. The molecule has 0 saturated heterocycles. The Hall–Kier alpha value is -3.34. The summed E-state index contributed by atoms with van der Waals surface area (Å²) < 4.78 is 11.6. The van der Waals surface area contributed by atoms with Crippen LogP contribution in [0.2, 0.25) is 5.02 Å². The van der Waals surface area contributed by atoms with Crippen LogP contribution in [0.15, 0.2) is 80.3 Å². The first kappa shape index (κ1) is 23.8. The number of benzene rings is 3. The van der Waals surface area contributed by atoms with E-state index in [0.717, 1.165) is 0 Å². The number of ether oxygens (including phenoxy) is 2. The van der Waals surface area contributed by atoms with Gasteiger partial charge in [0.15, 0.2) is 11.4 Å². The number of carbonyl (C=O) groups excluding carboxylic acids is 2. The number of esters is 2. The van der Waals surface area contributed by atoms with Crippen molar-refractivity contribution in [2.75, 3.05) is 0 Å². The number of halogens is 3. The largest absolute Gasteiger partial charge is 0.421 e. The molecule has 0 unspecified atom stereocenters. The highest BCUT2D eigenvalue weighted by Gasteiger charge is 2.26. The maximum Gasteiger partial charge on any atom is 0.363 e. The number of nitro benzene ring substituents is 1. The molecule has 0 amide bonds. The van der Waals surface area contributed by atoms with E-state index >= 15 is 0 Å². The van der Waals surface area contributed by atoms with Crippen LogP contribution in [0.25, 0.3) is 6.08 Å². The Morgan fingerprint density at radius 1 is 1.09 bits per heavy atom. The van der Waals surface area contributed by atoms with Gasteiger partial charge in [0.05, 0.1) is 19.4 Å². The molecule has 4 rings (SSSR count). The van der Waals surface area contributed by atoms with Crippen LogP contribution in [0.4, 0.5) is 5.69 Å². The molecule has 0 saturated carbocycles. The monoisotopic (exact) mass is 604 g/mol. The summed E-state index contributed by atoms with van der Waals surface area (Å²) >= 11 is 12.6. The van der Waals surface area contributed by atoms with Crippen LogP contribution in [-0.4, -0.2) is 22.8 Å². The second kappa shape index (κ2) is 9.88. The minimum atomic E-state index is -0.723. The van der Waals surface area contributed by atoms with E-state index in [2.05, 4.69) is 36.9 Å². The van der Waals surface area contributed by atoms with Crippen molar-refractivity contribution in [1.29, 1.82) is 0 Å². The van der Waals surface area contributed by atoms with Crippen molar-refractivity contribution in [2.45, 2.75) is 0 Å². The van der Waals surface area contributed by atoms with Gasteiger partial charge in [-0.05, 0) is 79.9 Å². The van der Waals surface area contributed by atoms with E-state index in [1.54, 1.807) is 42.5 Å². The number of cyclic esters (lactones) is 1. The molecule has 1 aliphatic rings. The SMILES string of the molecule is O=C1OC(c2ccc(Cl)c([N+](=O)[O-])c2)=N/C1=C\c1cc(Br)c(OC(=O)c2ccccc2)c(Br)c1. The maximum absolute atomic E-state index is 12.4. The summed E-state index contributed by atoms with van der Waals surface area (Å²) in [6.07, 6.45) is 1.47. The van der Waals surface area contributed by atoms with E-state index < -0.39 is 16.9 Å². The molecule has 0 spiro atoms. The zero-order chi connectivity index (χ0) is 24.4. The lowest BCUT2D eigenvalue weighted by Gasteiger charge is -2.10. The van der Waals surface area contributed by atoms with Gasteiger partial charge in [0.25, 0.3) is 5.69 Å². The molecule has 0 N–H and O–H groups in total. The number of hydrogen-bond donors (Lipinski definition) is 0. The van der Waals surface area contributed by atoms with Gasteiger partial charge < -0.3 is 9.47 Å². The Bertz CT molecular complexity index is 1380. The molecule has 0 atom stereocenters. The Morgan fingerprint density at radius 2 is 1.76 bits per heavy atom. The Balaban J connectivity index is 1.61. The highest BCUT2D eigenvalue weighted by molar-refractivity contribution is 9.11. The fourth-order valence-corrected chi connectivity index (χ4v) is 4.53. The van der Waals surface area contributed by atoms with E-state index in [9.17, 15) is 19.7 Å². The molecule has 1 heterocycles. The Labute approximate surface area is 214 Å². The molecular weight excluding hydrogens is 596 g/mol. The molecule has 1 aliphatic heterocycles. The van der Waals surface area contributed by atoms with Crippen molar-refractivity contribution in [1.82, 2.24) is 0 Å². The summed E-state index contributed by atoms with van der Waals surface area (Å²) in [4.78, 5) is 39.3. The molecule has 3 aromatic carbocycles. The molecule has 0 fully saturated rings. The fraction of sp³-hybridized carbons (Fsp3) is 0. The third-order valence-electron chi connectivity index (χ3n) is 4.54. The van der Waals surface area contributed by atoms with Gasteiger partial charge in [0.2, 0.25) is 5.90 Å². The van der Waals surface area contributed by atoms with Crippen molar-refractivity contribution in [3.8, 4) is 5.75 Å². The number of rotatable bonds is 5. The lowest BCUT2D eigenvalue weighted by molar-refractivity contribution is -0.384. The fourth-order valence-electron chi connectivity index (χ4n) is 2.96. The highest BCUT2D eigenvalue weighted by atomic mass is 79.9. The molecule has 34 heavy (non-hydrogen) atoms. The standard InChI is InChI=1S/C23H11Br2ClN2O6/c24-15-8-12(9-16(25)20(15)33-22(29)13-4-2-1-3-5-13)10-18-23(30)34-21(27-18)14-6-7-17(26)19(11-14)28(31)32/h1-11H/b18-10-. The summed E-state index contributed by atoms with van der Waals surface area (Å²) in [5.74, 6) is -1.07. The maximum atomic E-state index is 12.4. The van der Waals surface area contributed by atoms with Gasteiger partial charge in [0, 0.05) is 11.6 Å². The number of nitro groups is 1. The number of nitrogens with zero attached hydrogens (tertiary/aromatic N) is 2. The lowest BCUT2D eigenvalue weighted by atomic mass is 10.2. The second-order valence-corrected chi connectivity index (χ2v) is 8.94. The average Bonchev–Trinajstić information content (AvgIpc) is 3.16. The van der Waals surface area contributed by atoms with Crippen LogP contribution in [-0.2, 0) is 9.53 Å². The molecular formula is C23H11Br2ClN2O6. The first-order valence-corrected chi connectivity index (χ1v) is 11.4. The number of aliphatic imine (C=N–C) groups is 1. The smallest absolute Gasteiger partial charge is 0.363 e. The van der Waals surface area contributed by atoms with Crippen LogP contribution in [0.5, 0.6) is 5.75 Å². The summed E-state index contributed by atoms with van der Waals surface area (Å²) in [7, 11) is 0. The zero-order valence-corrected chi connectivity index (χ0v) is 20.8. The van der Waals surface area contributed by atoms with Crippen LogP contribution in [0.1, 0.15) is 21.5 Å². The van der Waals surface area contributed by atoms with Gasteiger partial charge in [-0.3, -0.25) is 10.1 Å². The van der Waals surface area contributed by atoms with Gasteiger partial charge in [-0.2, -0.15) is 0 Å². The van der Waals surface area contributed by atoms with Crippen molar-refractivity contribution in [2.24, 2.45) is 4.99 Å². The predicted molar refractivity (Wildman–Crippen MR) is 132 cm³/mol. The highest BCUT2D eigenvalue weighted by Crippen LogP contribution is 2.36. The molecule has 170 valence electrons. The first-order valence-electron chi connectivity index (χ1n) is 9.46. The second-order valence-electron chi connectivity index (χ2n) is 6.83. The third kappa shape index (κ3) is 5.09. The predicted octanol–water partition coefficient (Wildman–Crippen LogP) is 6.34. The van der Waals surface area contributed by atoms with Crippen LogP contribution >= 0.6 is 43.5 Å². The molecule has 3 aromatic rings. The van der Waals surface area contributed by atoms with Crippen LogP contribution in [0, 0.1) is 10.1 Å². The molecule has 0 radical (unpaired) electrons. The third-order valence-corrected chi connectivity index (χ3v) is 6.04. The van der Waals surface area contributed by atoms with Gasteiger partial charge in [-0.1, -0.05) is 29.8 Å². The molecule has 0 aliphatic carbocycles. The summed E-state index contributed by atoms with van der Waals surface area (Å²) in [5.41, 5.74) is 0.838. The topological polar surface area (TPSA) is 108 Å². The summed E-state index contributed by atoms with van der Waals surface area (Å²) in [6, 6.07) is 15.8. The van der Waals surface area contributed by atoms with Crippen molar-refractivity contribution in [3.05, 3.63) is 107 Å². The normalized spacial score (nSPS) is 14.0. The van der Waals surface area contributed by atoms with Crippen molar-refractivity contribution >= 4 is 73.1 Å². The van der Waals surface area contributed by atoms with E-state index in [1.165, 1.54) is 24.3 Å². The minimum absolute atomic E-state index is 0.0135. The summed E-state index contributed by atoms with van der Waals surface area (Å²) in [5, 5.41) is 11.1. The average molecular weight is 607 g/mol. The van der Waals surface area contributed by atoms with Gasteiger partial charge in [-0.15, -0.1) is 0 Å². The first-order chi connectivity index (χ1) is 16.2. The van der Waals surface area contributed by atoms with Gasteiger partial charge >= 0.3 is 11.9 Å². The van der Waals surface area contributed by atoms with Gasteiger partial charge in [0.1, 0.15) is 5.02 Å². The van der Waals surface area contributed by atoms with E-state index in [4.69, 9.17) is 21.1 Å². The van der Waals surface area contributed by atoms with Crippen molar-refractivity contribution in [3.63, 3.8) is 0 Å². The van der Waals surface area contributed by atoms with E-state index in [-0.39, 0.29) is 33.6 Å². The molecule has 0 bridgehead atoms. The van der Waals surface area contributed by atoms with E-state index in [0.29, 0.717) is 20.1 Å².